The number of phenols is 1. The van der Waals surface area contributed by atoms with E-state index in [9.17, 15) is 14.7 Å². The lowest BCUT2D eigenvalue weighted by atomic mass is 9.72. The van der Waals surface area contributed by atoms with Gasteiger partial charge in [0.2, 0.25) is 0 Å². The maximum absolute atomic E-state index is 11.7. The molecule has 0 saturated heterocycles. The average Bonchev–Trinajstić information content (AvgIpc) is 3.08. The number of carbonyl (C=O) groups excluding carboxylic acids is 2. The Morgan fingerprint density at radius 3 is 2.16 bits per heavy atom. The molecule has 0 unspecified atom stereocenters. The van der Waals surface area contributed by atoms with Crippen LogP contribution >= 0.6 is 0 Å². The summed E-state index contributed by atoms with van der Waals surface area (Å²) >= 11 is 0. The van der Waals surface area contributed by atoms with Crippen molar-refractivity contribution in [3.05, 3.63) is 47.5 Å². The summed E-state index contributed by atoms with van der Waals surface area (Å²) in [6.45, 7) is 10.7. The summed E-state index contributed by atoms with van der Waals surface area (Å²) in [5.74, 6) is -2.06. The number of carbonyl (C=O) groups is 2. The van der Waals surface area contributed by atoms with Crippen molar-refractivity contribution >= 4 is 22.8 Å². The van der Waals surface area contributed by atoms with Gasteiger partial charge >= 0.3 is 11.8 Å². The molecule has 4 N–H and O–H groups in total. The van der Waals surface area contributed by atoms with E-state index in [1.165, 1.54) is 4.80 Å². The second-order valence-corrected chi connectivity index (χ2v) is 9.65. The predicted molar refractivity (Wildman–Crippen MR) is 119 cm³/mol. The summed E-state index contributed by atoms with van der Waals surface area (Å²) in [7, 11) is 0. The monoisotopic (exact) mass is 423 g/mol. The van der Waals surface area contributed by atoms with Crippen LogP contribution in [0.2, 0.25) is 0 Å². The van der Waals surface area contributed by atoms with Gasteiger partial charge < -0.3 is 16.2 Å². The molecule has 0 spiro atoms. The highest BCUT2D eigenvalue weighted by Gasteiger charge is 2.29. The fraction of sp³-hybridized carbons (Fsp3) is 0.391. The Bertz CT molecular complexity index is 1110. The molecule has 0 atom stereocenters. The van der Waals surface area contributed by atoms with Crippen LogP contribution in [-0.4, -0.2) is 31.9 Å². The lowest BCUT2D eigenvalue weighted by Gasteiger charge is -2.33. The van der Waals surface area contributed by atoms with Crippen molar-refractivity contribution in [2.24, 2.45) is 11.1 Å². The number of fused-ring (bicyclic) bond motifs is 1. The van der Waals surface area contributed by atoms with Gasteiger partial charge in [0.15, 0.2) is 0 Å². The first kappa shape index (κ1) is 22.3. The maximum Gasteiger partial charge on any atom is 0.309 e. The highest BCUT2D eigenvalue weighted by molar-refractivity contribution is 6.34. The summed E-state index contributed by atoms with van der Waals surface area (Å²) in [6.07, 6.45) is 0.881. The molecule has 1 aromatic heterocycles. The molecule has 164 valence electrons. The second kappa shape index (κ2) is 8.02. The molecule has 1 heterocycles. The van der Waals surface area contributed by atoms with Crippen molar-refractivity contribution in [2.45, 2.75) is 53.0 Å². The fourth-order valence-electron chi connectivity index (χ4n) is 4.01. The van der Waals surface area contributed by atoms with Gasteiger partial charge in [0.25, 0.3) is 0 Å². The molecule has 3 aromatic rings. The van der Waals surface area contributed by atoms with E-state index in [1.807, 2.05) is 36.4 Å². The van der Waals surface area contributed by atoms with E-state index in [0.717, 1.165) is 12.0 Å². The van der Waals surface area contributed by atoms with Gasteiger partial charge in [-0.3, -0.25) is 9.59 Å². The van der Waals surface area contributed by atoms with Crippen LogP contribution in [0.5, 0.6) is 5.75 Å². The van der Waals surface area contributed by atoms with Gasteiger partial charge in [-0.25, -0.2) is 0 Å². The van der Waals surface area contributed by atoms with E-state index >= 15 is 0 Å². The van der Waals surface area contributed by atoms with E-state index in [0.29, 0.717) is 22.3 Å². The number of nitrogens with zero attached hydrogens (tertiary/aromatic N) is 3. The zero-order valence-corrected chi connectivity index (χ0v) is 18.6. The molecule has 2 aromatic carbocycles. The molecule has 0 fully saturated rings. The first-order valence-electron chi connectivity index (χ1n) is 10.1. The number of hydrogen-bond donors (Lipinski definition) is 3. The lowest BCUT2D eigenvalue weighted by molar-refractivity contribution is -0.137. The Morgan fingerprint density at radius 1 is 1.06 bits per heavy atom. The minimum atomic E-state index is -1.08. The molecule has 0 bridgehead atoms. The van der Waals surface area contributed by atoms with Gasteiger partial charge in [0.1, 0.15) is 22.5 Å². The first-order chi connectivity index (χ1) is 14.4. The minimum absolute atomic E-state index is 0.0547. The van der Waals surface area contributed by atoms with E-state index < -0.39 is 11.8 Å². The second-order valence-electron chi connectivity index (χ2n) is 9.65. The lowest BCUT2D eigenvalue weighted by Crippen LogP contribution is -2.35. The third-order valence-corrected chi connectivity index (χ3v) is 5.09. The molecule has 0 saturated carbocycles. The van der Waals surface area contributed by atoms with Crippen LogP contribution in [0.1, 0.15) is 52.2 Å². The van der Waals surface area contributed by atoms with Crippen LogP contribution in [0.25, 0.3) is 16.7 Å². The Hall–Kier alpha value is -3.42. The molecule has 8 nitrogen and oxygen atoms in total. The third-order valence-electron chi connectivity index (χ3n) is 5.09. The molecule has 31 heavy (non-hydrogen) atoms. The van der Waals surface area contributed by atoms with E-state index in [1.54, 1.807) is 0 Å². The summed E-state index contributed by atoms with van der Waals surface area (Å²) in [5.41, 5.74) is 8.07. The largest absolute Gasteiger partial charge is 0.505 e. The fourth-order valence-corrected chi connectivity index (χ4v) is 4.01. The number of nitrogens with one attached hydrogen (secondary N) is 1. The molecule has 0 aliphatic carbocycles. The summed E-state index contributed by atoms with van der Waals surface area (Å²) < 4.78 is 0. The summed E-state index contributed by atoms with van der Waals surface area (Å²) in [5, 5.41) is 22.4. The maximum atomic E-state index is 11.7. The van der Waals surface area contributed by atoms with Crippen LogP contribution < -0.4 is 11.1 Å². The summed E-state index contributed by atoms with van der Waals surface area (Å²) in [4.78, 5) is 24.2. The Morgan fingerprint density at radius 2 is 1.65 bits per heavy atom. The highest BCUT2D eigenvalue weighted by atomic mass is 16.3. The predicted octanol–water partition coefficient (Wildman–Crippen LogP) is 2.94. The molecule has 0 radical (unpaired) electrons. The zero-order chi connectivity index (χ0) is 23.0. The molecule has 8 heteroatoms. The van der Waals surface area contributed by atoms with Crippen molar-refractivity contribution in [2.75, 3.05) is 0 Å². The Balaban J connectivity index is 2.13. The van der Waals surface area contributed by atoms with Crippen LogP contribution in [0.15, 0.2) is 36.4 Å². The van der Waals surface area contributed by atoms with Gasteiger partial charge in [-0.2, -0.15) is 0 Å². The van der Waals surface area contributed by atoms with Gasteiger partial charge in [-0.15, -0.1) is 15.0 Å². The smallest absolute Gasteiger partial charge is 0.309 e. The molecular weight excluding hydrogens is 394 g/mol. The molecule has 0 aliphatic heterocycles. The van der Waals surface area contributed by atoms with Gasteiger partial charge in [-0.1, -0.05) is 46.8 Å². The number of rotatable bonds is 5. The van der Waals surface area contributed by atoms with Crippen molar-refractivity contribution in [1.29, 1.82) is 0 Å². The Labute approximate surface area is 181 Å². The Kier molecular flexibility index (Phi) is 5.76. The molecule has 0 aliphatic rings. The number of amides is 2. The van der Waals surface area contributed by atoms with Crippen LogP contribution in [0, 0.1) is 5.41 Å². The highest BCUT2D eigenvalue weighted by Crippen LogP contribution is 2.39. The molecule has 3 rings (SSSR count). The number of primary amides is 1. The van der Waals surface area contributed by atoms with Crippen molar-refractivity contribution in [1.82, 2.24) is 20.3 Å². The van der Waals surface area contributed by atoms with Crippen LogP contribution in [0.3, 0.4) is 0 Å². The van der Waals surface area contributed by atoms with Gasteiger partial charge in [0.05, 0.1) is 0 Å². The zero-order valence-electron chi connectivity index (χ0n) is 18.6. The normalized spacial score (nSPS) is 12.2. The minimum Gasteiger partial charge on any atom is -0.505 e. The number of nitrogens with two attached hydrogens (primary N) is 1. The number of aromatic nitrogens is 3. The van der Waals surface area contributed by atoms with Crippen LogP contribution in [0.4, 0.5) is 0 Å². The number of phenolic OH excluding ortho intramolecular Hbond substituents is 1. The third kappa shape index (κ3) is 5.02. The molecule has 2 amide bonds. The van der Waals surface area contributed by atoms with Crippen molar-refractivity contribution in [3.63, 3.8) is 0 Å². The van der Waals surface area contributed by atoms with E-state index in [-0.39, 0.29) is 23.1 Å². The number of aromatic hydroxyl groups is 1. The van der Waals surface area contributed by atoms with E-state index in [4.69, 9.17) is 5.73 Å². The standard InChI is InChI=1S/C23H29N5O3/c1-22(2,3)13-23(4,5)15-10-14(12-25-21(31)20(24)30)19(29)18(11-15)28-26-16-8-6-7-9-17(16)27-28/h6-11,29H,12-13H2,1-5H3,(H2,24,30)(H,25,31). The molecular formula is C23H29N5O3. The first-order valence-corrected chi connectivity index (χ1v) is 10.1. The van der Waals surface area contributed by atoms with Crippen LogP contribution in [-0.2, 0) is 21.5 Å². The van der Waals surface area contributed by atoms with Gasteiger partial charge in [0, 0.05) is 12.1 Å². The quantitative estimate of drug-likeness (QED) is 0.545. The van der Waals surface area contributed by atoms with E-state index in [2.05, 4.69) is 50.1 Å². The summed E-state index contributed by atoms with van der Waals surface area (Å²) in [6, 6.07) is 11.1. The van der Waals surface area contributed by atoms with Crippen molar-refractivity contribution < 1.29 is 14.7 Å². The topological polar surface area (TPSA) is 123 Å². The number of hydrogen-bond acceptors (Lipinski definition) is 5. The average molecular weight is 424 g/mol. The number of benzene rings is 2. The SMILES string of the molecule is CC(C)(C)CC(C)(C)c1cc(CNC(=O)C(N)=O)c(O)c(-n2nc3ccccc3n2)c1. The van der Waals surface area contributed by atoms with Crippen molar-refractivity contribution in [3.8, 4) is 11.4 Å². The van der Waals surface area contributed by atoms with Gasteiger partial charge in [-0.05, 0) is 47.1 Å².